The van der Waals surface area contributed by atoms with Crippen LogP contribution in [0.25, 0.3) is 0 Å². The molecule has 0 amide bonds. The van der Waals surface area contributed by atoms with Gasteiger partial charge in [0.05, 0.1) is 12.7 Å². The highest BCUT2D eigenvalue weighted by Crippen LogP contribution is 1.99. The maximum atomic E-state index is 5.31. The standard InChI is InChI=1S/C6H13NO.C2H6/c1-6-5-7(2)3-4-8-6;1-2/h6H,3-5H2,1-2H3;1-2H3/t6-;/m1./s1. The molecule has 0 radical (unpaired) electrons. The summed E-state index contributed by atoms with van der Waals surface area (Å²) in [6, 6.07) is 0. The number of hydrogen-bond acceptors (Lipinski definition) is 2. The molecule has 0 bridgehead atoms. The maximum Gasteiger partial charge on any atom is 0.0674 e. The van der Waals surface area contributed by atoms with Gasteiger partial charge >= 0.3 is 0 Å². The molecule has 0 N–H and O–H groups in total. The van der Waals surface area contributed by atoms with Crippen LogP contribution in [0.15, 0.2) is 0 Å². The lowest BCUT2D eigenvalue weighted by Crippen LogP contribution is -2.38. The van der Waals surface area contributed by atoms with Crippen LogP contribution in [0.3, 0.4) is 0 Å². The molecule has 0 saturated carbocycles. The number of hydrogen-bond donors (Lipinski definition) is 0. The first kappa shape index (κ1) is 9.92. The first-order chi connectivity index (χ1) is 4.79. The van der Waals surface area contributed by atoms with Crippen molar-refractivity contribution in [2.75, 3.05) is 26.7 Å². The first-order valence-corrected chi connectivity index (χ1v) is 4.09. The molecule has 0 aromatic carbocycles. The van der Waals surface area contributed by atoms with E-state index in [2.05, 4.69) is 18.9 Å². The van der Waals surface area contributed by atoms with Crippen molar-refractivity contribution in [3.63, 3.8) is 0 Å². The van der Waals surface area contributed by atoms with Crippen LogP contribution in [0.1, 0.15) is 20.8 Å². The lowest BCUT2D eigenvalue weighted by atomic mass is 10.3. The minimum atomic E-state index is 0.439. The Morgan fingerprint density at radius 2 is 2.00 bits per heavy atom. The summed E-state index contributed by atoms with van der Waals surface area (Å²) in [4.78, 5) is 2.29. The molecule has 0 unspecified atom stereocenters. The SMILES string of the molecule is CC.C[C@@H]1CN(C)CCO1. The van der Waals surface area contributed by atoms with Gasteiger partial charge in [0.25, 0.3) is 0 Å². The van der Waals surface area contributed by atoms with Crippen LogP contribution in [-0.4, -0.2) is 37.7 Å². The summed E-state index contributed by atoms with van der Waals surface area (Å²) in [5, 5.41) is 0. The quantitative estimate of drug-likeness (QED) is 0.510. The predicted molar refractivity (Wildman–Crippen MR) is 44.3 cm³/mol. The number of ether oxygens (including phenoxy) is 1. The van der Waals surface area contributed by atoms with Gasteiger partial charge in [-0.25, -0.2) is 0 Å². The average molecular weight is 145 g/mol. The molecular formula is C8H19NO. The molecule has 1 heterocycles. The minimum absolute atomic E-state index is 0.439. The molecule has 10 heavy (non-hydrogen) atoms. The zero-order chi connectivity index (χ0) is 7.98. The topological polar surface area (TPSA) is 12.5 Å². The van der Waals surface area contributed by atoms with Crippen molar-refractivity contribution in [2.45, 2.75) is 26.9 Å². The molecule has 62 valence electrons. The van der Waals surface area contributed by atoms with E-state index in [1.54, 1.807) is 0 Å². The molecule has 1 aliphatic heterocycles. The fourth-order valence-corrected chi connectivity index (χ4v) is 0.993. The lowest BCUT2D eigenvalue weighted by Gasteiger charge is -2.27. The van der Waals surface area contributed by atoms with Crippen LogP contribution >= 0.6 is 0 Å². The molecule has 1 saturated heterocycles. The van der Waals surface area contributed by atoms with Crippen molar-refractivity contribution in [1.29, 1.82) is 0 Å². The highest BCUT2D eigenvalue weighted by molar-refractivity contribution is 4.62. The molecular weight excluding hydrogens is 126 g/mol. The third kappa shape index (κ3) is 3.85. The Balaban J connectivity index is 0.000000371. The van der Waals surface area contributed by atoms with E-state index in [4.69, 9.17) is 4.74 Å². The summed E-state index contributed by atoms with van der Waals surface area (Å²) in [5.74, 6) is 0. The number of rotatable bonds is 0. The molecule has 0 aromatic rings. The highest BCUT2D eigenvalue weighted by Gasteiger charge is 2.11. The van der Waals surface area contributed by atoms with Gasteiger partial charge in [-0.15, -0.1) is 0 Å². The zero-order valence-electron chi connectivity index (χ0n) is 7.55. The van der Waals surface area contributed by atoms with Gasteiger partial charge in [0.1, 0.15) is 0 Å². The molecule has 0 spiro atoms. The normalized spacial score (nSPS) is 27.0. The van der Waals surface area contributed by atoms with Crippen molar-refractivity contribution in [1.82, 2.24) is 4.90 Å². The van der Waals surface area contributed by atoms with E-state index in [0.717, 1.165) is 19.7 Å². The fraction of sp³-hybridized carbons (Fsp3) is 1.00. The van der Waals surface area contributed by atoms with Crippen LogP contribution < -0.4 is 0 Å². The van der Waals surface area contributed by atoms with Crippen molar-refractivity contribution in [2.24, 2.45) is 0 Å². The van der Waals surface area contributed by atoms with E-state index < -0.39 is 0 Å². The van der Waals surface area contributed by atoms with E-state index in [9.17, 15) is 0 Å². The molecule has 1 fully saturated rings. The van der Waals surface area contributed by atoms with Gasteiger partial charge in [-0.1, -0.05) is 13.8 Å². The summed E-state index contributed by atoms with van der Waals surface area (Å²) in [6.07, 6.45) is 0.439. The monoisotopic (exact) mass is 145 g/mol. The van der Waals surface area contributed by atoms with E-state index >= 15 is 0 Å². The maximum absolute atomic E-state index is 5.31. The van der Waals surface area contributed by atoms with Gasteiger partial charge in [0.2, 0.25) is 0 Å². The summed E-state index contributed by atoms with van der Waals surface area (Å²) in [5.41, 5.74) is 0. The Morgan fingerprint density at radius 1 is 1.40 bits per heavy atom. The molecule has 1 atom stereocenters. The van der Waals surface area contributed by atoms with Crippen LogP contribution in [0.2, 0.25) is 0 Å². The lowest BCUT2D eigenvalue weighted by molar-refractivity contribution is -0.00861. The summed E-state index contributed by atoms with van der Waals surface area (Å²) >= 11 is 0. The molecule has 1 rings (SSSR count). The highest BCUT2D eigenvalue weighted by atomic mass is 16.5. The van der Waals surface area contributed by atoms with Gasteiger partial charge in [-0.2, -0.15) is 0 Å². The number of likely N-dealkylation sites (N-methyl/N-ethyl adjacent to an activating group) is 1. The van der Waals surface area contributed by atoms with Gasteiger partial charge < -0.3 is 9.64 Å². The molecule has 2 nitrogen and oxygen atoms in total. The summed E-state index contributed by atoms with van der Waals surface area (Å²) in [7, 11) is 2.12. The predicted octanol–water partition coefficient (Wildman–Crippen LogP) is 1.36. The van der Waals surface area contributed by atoms with Crippen molar-refractivity contribution < 1.29 is 4.74 Å². The second kappa shape index (κ2) is 5.69. The second-order valence-electron chi connectivity index (χ2n) is 2.44. The molecule has 0 aromatic heterocycles. The van der Waals surface area contributed by atoms with Crippen LogP contribution in [0.4, 0.5) is 0 Å². The average Bonchev–Trinajstić information content (AvgIpc) is 1.91. The Labute approximate surface area is 64.2 Å². The van der Waals surface area contributed by atoms with Gasteiger partial charge in [-0.05, 0) is 14.0 Å². The summed E-state index contributed by atoms with van der Waals surface area (Å²) < 4.78 is 5.31. The second-order valence-corrected chi connectivity index (χ2v) is 2.44. The van der Waals surface area contributed by atoms with E-state index in [-0.39, 0.29) is 0 Å². The molecule has 2 heteroatoms. The third-order valence-corrected chi connectivity index (χ3v) is 1.44. The Morgan fingerprint density at radius 3 is 2.30 bits per heavy atom. The van der Waals surface area contributed by atoms with E-state index in [0.29, 0.717) is 6.10 Å². The third-order valence-electron chi connectivity index (χ3n) is 1.44. The van der Waals surface area contributed by atoms with Crippen LogP contribution in [-0.2, 0) is 4.74 Å². The zero-order valence-corrected chi connectivity index (χ0v) is 7.55. The minimum Gasteiger partial charge on any atom is -0.376 e. The fourth-order valence-electron chi connectivity index (χ4n) is 0.993. The van der Waals surface area contributed by atoms with Crippen molar-refractivity contribution in [3.05, 3.63) is 0 Å². The van der Waals surface area contributed by atoms with Crippen LogP contribution in [0.5, 0.6) is 0 Å². The Hall–Kier alpha value is -0.0800. The van der Waals surface area contributed by atoms with E-state index in [1.165, 1.54) is 0 Å². The number of morpholine rings is 1. The van der Waals surface area contributed by atoms with E-state index in [1.807, 2.05) is 13.8 Å². The van der Waals surface area contributed by atoms with Gasteiger partial charge in [0, 0.05) is 13.1 Å². The van der Waals surface area contributed by atoms with Crippen LogP contribution in [0, 0.1) is 0 Å². The van der Waals surface area contributed by atoms with Gasteiger partial charge in [-0.3, -0.25) is 0 Å². The first-order valence-electron chi connectivity index (χ1n) is 4.09. The number of nitrogens with zero attached hydrogens (tertiary/aromatic N) is 1. The van der Waals surface area contributed by atoms with Crippen molar-refractivity contribution >= 4 is 0 Å². The summed E-state index contributed by atoms with van der Waals surface area (Å²) in [6.45, 7) is 9.18. The molecule has 0 aliphatic carbocycles. The Kier molecular flexibility index (Phi) is 5.64. The molecule has 1 aliphatic rings. The van der Waals surface area contributed by atoms with Crippen molar-refractivity contribution in [3.8, 4) is 0 Å². The van der Waals surface area contributed by atoms with Gasteiger partial charge in [0.15, 0.2) is 0 Å². The largest absolute Gasteiger partial charge is 0.376 e. The smallest absolute Gasteiger partial charge is 0.0674 e. The Bertz CT molecular complexity index is 67.7.